The van der Waals surface area contributed by atoms with Gasteiger partial charge in [0.25, 0.3) is 5.15 Å². The molecule has 10 heteroatoms. The van der Waals surface area contributed by atoms with E-state index in [1.54, 1.807) is 17.0 Å². The van der Waals surface area contributed by atoms with Gasteiger partial charge in [-0.2, -0.15) is 9.97 Å². The van der Waals surface area contributed by atoms with E-state index in [9.17, 15) is 9.90 Å². The molecule has 1 aliphatic heterocycles. The van der Waals surface area contributed by atoms with Gasteiger partial charge in [-0.05, 0) is 49.0 Å². The summed E-state index contributed by atoms with van der Waals surface area (Å²) in [4.78, 5) is 25.0. The number of phenols is 1. The smallest absolute Gasteiger partial charge is 0.393 e. The Morgan fingerprint density at radius 1 is 1.19 bits per heavy atom. The van der Waals surface area contributed by atoms with Gasteiger partial charge in [0.1, 0.15) is 11.6 Å². The number of aromatic hydroxyl groups is 1. The number of aromatic nitrogens is 3. The average Bonchev–Trinajstić information content (AvgIpc) is 2.88. The third-order valence-corrected chi connectivity index (χ3v) is 7.02. The van der Waals surface area contributed by atoms with Gasteiger partial charge in [0.05, 0.1) is 23.9 Å². The van der Waals surface area contributed by atoms with Crippen LogP contribution in [0.1, 0.15) is 13.8 Å². The lowest BCUT2D eigenvalue weighted by Gasteiger charge is -2.44. The zero-order valence-electron chi connectivity index (χ0n) is 20.7. The number of amides is 1. The quantitative estimate of drug-likeness (QED) is 0.246. The van der Waals surface area contributed by atoms with Gasteiger partial charge in [-0.3, -0.25) is 4.79 Å². The molecule has 190 valence electrons. The van der Waals surface area contributed by atoms with Crippen LogP contribution in [0.3, 0.4) is 0 Å². The predicted octanol–water partition coefficient (Wildman–Crippen LogP) is 4.18. The van der Waals surface area contributed by atoms with Gasteiger partial charge < -0.3 is 19.6 Å². The van der Waals surface area contributed by atoms with Crippen molar-refractivity contribution in [1.82, 2.24) is 14.9 Å². The molecule has 1 fully saturated rings. The summed E-state index contributed by atoms with van der Waals surface area (Å²) in [7, 11) is 1.42. The van der Waals surface area contributed by atoms with E-state index < -0.39 is 5.95 Å². The van der Waals surface area contributed by atoms with Crippen molar-refractivity contribution in [3.05, 3.63) is 66.2 Å². The van der Waals surface area contributed by atoms with Crippen LogP contribution in [0.4, 0.5) is 10.2 Å². The summed E-state index contributed by atoms with van der Waals surface area (Å²) in [6.45, 7) is 8.41. The van der Waals surface area contributed by atoms with Crippen LogP contribution in [0.15, 0.2) is 55.1 Å². The predicted molar refractivity (Wildman–Crippen MR) is 140 cm³/mol. The van der Waals surface area contributed by atoms with Gasteiger partial charge in [0.2, 0.25) is 11.6 Å². The van der Waals surface area contributed by atoms with Crippen LogP contribution in [0.25, 0.3) is 27.4 Å². The van der Waals surface area contributed by atoms with E-state index in [1.165, 1.54) is 23.8 Å². The monoisotopic (exact) mass is 522 g/mol. The van der Waals surface area contributed by atoms with E-state index in [-0.39, 0.29) is 40.4 Å². The molecule has 2 atom stereocenters. The Hall–Kier alpha value is -3.98. The van der Waals surface area contributed by atoms with Gasteiger partial charge in [0, 0.05) is 31.2 Å². The maximum absolute atomic E-state index is 16.3. The number of benzene rings is 2. The molecule has 37 heavy (non-hydrogen) atoms. The second kappa shape index (κ2) is 9.48. The van der Waals surface area contributed by atoms with Crippen LogP contribution in [-0.4, -0.2) is 58.2 Å². The molecule has 8 nitrogen and oxygen atoms in total. The summed E-state index contributed by atoms with van der Waals surface area (Å²) in [6.07, 6.45) is 1.31. The van der Waals surface area contributed by atoms with Crippen LogP contribution < -0.4 is 14.2 Å². The van der Waals surface area contributed by atoms with Crippen molar-refractivity contribution in [2.75, 3.05) is 25.1 Å². The minimum atomic E-state index is -0.721. The Bertz CT molecular complexity index is 1560. The number of phenolic OH excluding ortho intramolecular Hbond substituents is 1. The molecular weight excluding hydrogens is 497 g/mol. The molecule has 1 amide bonds. The van der Waals surface area contributed by atoms with Crippen LogP contribution >= 0.6 is 11.6 Å². The Morgan fingerprint density at radius 2 is 1.95 bits per heavy atom. The molecule has 0 unspecified atom stereocenters. The molecule has 0 saturated carbocycles. The van der Waals surface area contributed by atoms with Crippen molar-refractivity contribution >= 4 is 45.0 Å². The van der Waals surface area contributed by atoms with Gasteiger partial charge in [0.15, 0.2) is 5.52 Å². The van der Waals surface area contributed by atoms with E-state index in [2.05, 4.69) is 16.5 Å². The SMILES string of the molecule is C=CC(=O)N1C[C@H](C)N(c2nc(OC)nc3c(F)[n+](-c4cc(O)cc5ccccc45)c(Cl)cc23)C[C@H]1C. The summed E-state index contributed by atoms with van der Waals surface area (Å²) in [6, 6.07) is 11.7. The highest BCUT2D eigenvalue weighted by molar-refractivity contribution is 6.29. The second-order valence-corrected chi connectivity index (χ2v) is 9.51. The van der Waals surface area contributed by atoms with Crippen LogP contribution in [-0.2, 0) is 4.79 Å². The summed E-state index contributed by atoms with van der Waals surface area (Å²) >= 11 is 6.70. The number of carbonyl (C=O) groups is 1. The molecule has 4 aromatic rings. The summed E-state index contributed by atoms with van der Waals surface area (Å²) in [5, 5.41) is 12.3. The molecule has 5 rings (SSSR count). The van der Waals surface area contributed by atoms with E-state index in [0.717, 1.165) is 5.39 Å². The van der Waals surface area contributed by atoms with Crippen LogP contribution in [0, 0.1) is 5.95 Å². The van der Waals surface area contributed by atoms with Crippen molar-refractivity contribution in [2.24, 2.45) is 0 Å². The Balaban J connectivity index is 1.71. The van der Waals surface area contributed by atoms with Gasteiger partial charge >= 0.3 is 12.0 Å². The molecule has 0 spiro atoms. The second-order valence-electron chi connectivity index (χ2n) is 9.12. The van der Waals surface area contributed by atoms with Gasteiger partial charge in [-0.15, -0.1) is 8.96 Å². The highest BCUT2D eigenvalue weighted by atomic mass is 35.5. The summed E-state index contributed by atoms with van der Waals surface area (Å²) in [5.41, 5.74) is 0.390. The standard InChI is InChI=1S/C27H25ClFN5O3/c1-5-23(36)32-13-16(3)33(14-15(32)2)26-20-12-22(28)34(25(29)24(20)30-27(31-26)37-4)21-11-18(35)10-17-8-6-7-9-19(17)21/h5-12,15-16H,1,13-14H2,2-4H3/p+1/t15-,16+/m1/s1. The minimum Gasteiger partial charge on any atom is -0.508 e. The van der Waals surface area contributed by atoms with E-state index >= 15 is 4.39 Å². The van der Waals surface area contributed by atoms with Crippen molar-refractivity contribution in [3.63, 3.8) is 0 Å². The fourth-order valence-electron chi connectivity index (χ4n) is 4.95. The number of hydrogen-bond acceptors (Lipinski definition) is 6. The molecule has 0 aliphatic carbocycles. The zero-order valence-corrected chi connectivity index (χ0v) is 21.4. The van der Waals surface area contributed by atoms with E-state index in [0.29, 0.717) is 35.4 Å². The third kappa shape index (κ3) is 4.19. The molecule has 0 radical (unpaired) electrons. The highest BCUT2D eigenvalue weighted by Gasteiger charge is 2.35. The fourth-order valence-corrected chi connectivity index (χ4v) is 5.22. The van der Waals surface area contributed by atoms with Crippen molar-refractivity contribution in [3.8, 4) is 17.4 Å². The zero-order chi connectivity index (χ0) is 26.4. The molecule has 2 aromatic carbocycles. The van der Waals surface area contributed by atoms with E-state index in [4.69, 9.17) is 16.3 Å². The normalized spacial score (nSPS) is 17.9. The maximum atomic E-state index is 16.3. The summed E-state index contributed by atoms with van der Waals surface area (Å²) < 4.78 is 22.8. The number of fused-ring (bicyclic) bond motifs is 2. The van der Waals surface area contributed by atoms with E-state index in [1.807, 2.05) is 43.0 Å². The number of methoxy groups -OCH3 is 1. The van der Waals surface area contributed by atoms with Crippen LogP contribution in [0.2, 0.25) is 5.15 Å². The highest BCUT2D eigenvalue weighted by Crippen LogP contribution is 2.34. The lowest BCUT2D eigenvalue weighted by molar-refractivity contribution is -0.622. The average molecular weight is 523 g/mol. The number of anilines is 1. The number of nitrogens with zero attached hydrogens (tertiary/aromatic N) is 5. The summed E-state index contributed by atoms with van der Waals surface area (Å²) in [5.74, 6) is -0.424. The number of ether oxygens (including phenoxy) is 1. The topological polar surface area (TPSA) is 82.7 Å². The number of rotatable bonds is 4. The molecule has 1 saturated heterocycles. The number of carbonyl (C=O) groups excluding carboxylic acids is 1. The first-order chi connectivity index (χ1) is 17.7. The van der Waals surface area contributed by atoms with Gasteiger partial charge in [-0.25, -0.2) is 0 Å². The Kier molecular flexibility index (Phi) is 6.33. The first kappa shape index (κ1) is 24.7. The van der Waals surface area contributed by atoms with Crippen molar-refractivity contribution < 1.29 is 23.6 Å². The number of piperazine rings is 1. The lowest BCUT2D eigenvalue weighted by Crippen LogP contribution is -2.58. The molecule has 3 heterocycles. The number of halogens is 2. The minimum absolute atomic E-state index is 0.000454. The number of pyridine rings is 1. The first-order valence-corrected chi connectivity index (χ1v) is 12.2. The molecular formula is C27H26ClFN5O3+. The molecule has 2 aromatic heterocycles. The molecule has 1 aliphatic rings. The maximum Gasteiger partial charge on any atom is 0.393 e. The van der Waals surface area contributed by atoms with Crippen LogP contribution in [0.5, 0.6) is 11.8 Å². The lowest BCUT2D eigenvalue weighted by atomic mass is 10.1. The molecule has 1 N–H and O–H groups in total. The third-order valence-electron chi connectivity index (χ3n) is 6.74. The fraction of sp³-hybridized carbons (Fsp3) is 0.259. The van der Waals surface area contributed by atoms with Gasteiger partial charge in [-0.1, -0.05) is 24.8 Å². The number of hydrogen-bond donors (Lipinski definition) is 1. The van der Waals surface area contributed by atoms with Crippen molar-refractivity contribution in [1.29, 1.82) is 0 Å². The largest absolute Gasteiger partial charge is 0.508 e. The van der Waals surface area contributed by atoms with Crippen molar-refractivity contribution in [2.45, 2.75) is 25.9 Å². The molecule has 0 bridgehead atoms. The Labute approximate surface area is 218 Å². The Morgan fingerprint density at radius 3 is 2.68 bits per heavy atom. The first-order valence-electron chi connectivity index (χ1n) is 11.8.